The van der Waals surface area contributed by atoms with Gasteiger partial charge in [0.1, 0.15) is 12.2 Å². The van der Waals surface area contributed by atoms with Crippen LogP contribution in [0.3, 0.4) is 0 Å². The molecule has 208 valence electrons. The van der Waals surface area contributed by atoms with Crippen molar-refractivity contribution in [2.45, 2.75) is 44.6 Å². The highest BCUT2D eigenvalue weighted by Crippen LogP contribution is 2.45. The summed E-state index contributed by atoms with van der Waals surface area (Å²) in [5.41, 5.74) is 1.32. The highest BCUT2D eigenvalue weighted by atomic mass is 35.5. The van der Waals surface area contributed by atoms with E-state index < -0.39 is 51.9 Å². The van der Waals surface area contributed by atoms with Crippen molar-refractivity contribution in [2.75, 3.05) is 32.1 Å². The number of ether oxygens (including phenoxy) is 1. The molecule has 0 aliphatic carbocycles. The minimum Gasteiger partial charge on any atom is -0.481 e. The lowest BCUT2D eigenvalue weighted by Crippen LogP contribution is -2.58. The molecule has 11 heteroatoms. The summed E-state index contributed by atoms with van der Waals surface area (Å²) in [7, 11) is 0.0372. The molecule has 0 bridgehead atoms. The molecule has 1 unspecified atom stereocenters. The second-order valence-corrected chi connectivity index (χ2v) is 13.0. The van der Waals surface area contributed by atoms with E-state index in [1.54, 1.807) is 67.5 Å². The molecule has 1 saturated heterocycles. The second-order valence-electron chi connectivity index (χ2n) is 9.88. The molecular formula is C27H34Cl2N2O6S. The summed E-state index contributed by atoms with van der Waals surface area (Å²) in [6.45, 7) is 3.58. The third-order valence-electron chi connectivity index (χ3n) is 6.77. The lowest BCUT2D eigenvalue weighted by Gasteiger charge is -2.48. The first-order chi connectivity index (χ1) is 17.8. The second kappa shape index (κ2) is 12.8. The summed E-state index contributed by atoms with van der Waals surface area (Å²) in [4.78, 5) is 29.3. The zero-order chi connectivity index (χ0) is 28.2. The molecule has 1 aliphatic heterocycles. The number of benzene rings is 2. The van der Waals surface area contributed by atoms with Gasteiger partial charge in [-0.05, 0) is 62.8 Å². The van der Waals surface area contributed by atoms with Crippen molar-refractivity contribution in [3.8, 4) is 0 Å². The van der Waals surface area contributed by atoms with Gasteiger partial charge in [0.25, 0.3) is 5.91 Å². The van der Waals surface area contributed by atoms with Crippen molar-refractivity contribution in [1.82, 2.24) is 9.80 Å². The molecule has 1 aliphatic rings. The molecule has 1 fully saturated rings. The summed E-state index contributed by atoms with van der Waals surface area (Å²) in [5.74, 6) is -3.24. The molecule has 2 aromatic carbocycles. The Bertz CT molecular complexity index is 1240. The number of aliphatic carboxylic acids is 1. The van der Waals surface area contributed by atoms with Gasteiger partial charge in [-0.15, -0.1) is 0 Å². The van der Waals surface area contributed by atoms with Crippen LogP contribution in [0.15, 0.2) is 48.5 Å². The Morgan fingerprint density at radius 3 is 2.32 bits per heavy atom. The molecule has 5 atom stereocenters. The fourth-order valence-corrected chi connectivity index (χ4v) is 6.74. The van der Waals surface area contributed by atoms with E-state index >= 15 is 0 Å². The first-order valence-electron chi connectivity index (χ1n) is 12.4. The van der Waals surface area contributed by atoms with E-state index in [2.05, 4.69) is 0 Å². The van der Waals surface area contributed by atoms with E-state index in [1.165, 1.54) is 11.8 Å². The number of hydrogen-bond donors (Lipinski definition) is 1. The van der Waals surface area contributed by atoms with Gasteiger partial charge in [-0.25, -0.2) is 8.42 Å². The first kappa shape index (κ1) is 30.4. The van der Waals surface area contributed by atoms with Gasteiger partial charge in [0.15, 0.2) is 9.84 Å². The van der Waals surface area contributed by atoms with Crippen molar-refractivity contribution in [3.63, 3.8) is 0 Å². The molecule has 0 saturated carbocycles. The fourth-order valence-electron chi connectivity index (χ4n) is 4.62. The quantitative estimate of drug-likeness (QED) is 0.415. The number of hydrogen-bond acceptors (Lipinski definition) is 6. The van der Waals surface area contributed by atoms with Crippen molar-refractivity contribution in [3.05, 3.63) is 69.7 Å². The van der Waals surface area contributed by atoms with Crippen LogP contribution in [-0.2, 0) is 24.2 Å². The first-order valence-corrected chi connectivity index (χ1v) is 15.0. The molecule has 8 nitrogen and oxygen atoms in total. The predicted molar refractivity (Wildman–Crippen MR) is 148 cm³/mol. The number of rotatable bonds is 11. The van der Waals surface area contributed by atoms with Crippen LogP contribution in [0.25, 0.3) is 0 Å². The minimum absolute atomic E-state index is 0.0622. The smallest absolute Gasteiger partial charge is 0.309 e. The van der Waals surface area contributed by atoms with E-state index in [0.717, 1.165) is 0 Å². The third kappa shape index (κ3) is 7.27. The maximum Gasteiger partial charge on any atom is 0.309 e. The van der Waals surface area contributed by atoms with Gasteiger partial charge in [-0.2, -0.15) is 0 Å². The van der Waals surface area contributed by atoms with Crippen LogP contribution in [0.4, 0.5) is 0 Å². The number of morpholine rings is 1. The SMILES string of the molecule is CC[C@@H](CS(=O)(=O)CCN(C)C)N1C(=O)[C@H](C(C)C(=O)O)O[C@H](c2cccc(Cl)c2)[C@H]1c1ccc(Cl)cc1. The summed E-state index contributed by atoms with van der Waals surface area (Å²) in [5, 5.41) is 10.7. The number of amides is 1. The van der Waals surface area contributed by atoms with Gasteiger partial charge in [0.2, 0.25) is 0 Å². The summed E-state index contributed by atoms with van der Waals surface area (Å²) in [6.07, 6.45) is -1.79. The van der Waals surface area contributed by atoms with Gasteiger partial charge < -0.3 is 19.6 Å². The highest BCUT2D eigenvalue weighted by molar-refractivity contribution is 7.91. The van der Waals surface area contributed by atoms with E-state index in [0.29, 0.717) is 34.1 Å². The average molecular weight is 586 g/mol. The minimum atomic E-state index is -3.55. The van der Waals surface area contributed by atoms with Gasteiger partial charge >= 0.3 is 5.97 Å². The molecule has 1 amide bonds. The van der Waals surface area contributed by atoms with Crippen LogP contribution in [0.5, 0.6) is 0 Å². The topological polar surface area (TPSA) is 104 Å². The van der Waals surface area contributed by atoms with Crippen LogP contribution >= 0.6 is 23.2 Å². The summed E-state index contributed by atoms with van der Waals surface area (Å²) < 4.78 is 32.5. The lowest BCUT2D eigenvalue weighted by atomic mass is 9.88. The molecule has 0 aromatic heterocycles. The Hall–Kier alpha value is -2.17. The third-order valence-corrected chi connectivity index (χ3v) is 8.95. The normalized spacial score (nSPS) is 21.9. The monoisotopic (exact) mass is 584 g/mol. The van der Waals surface area contributed by atoms with Crippen molar-refractivity contribution in [1.29, 1.82) is 0 Å². The van der Waals surface area contributed by atoms with E-state index in [-0.39, 0.29) is 11.5 Å². The molecule has 1 N–H and O–H groups in total. The summed E-state index contributed by atoms with van der Waals surface area (Å²) in [6, 6.07) is 12.4. The fraction of sp³-hybridized carbons (Fsp3) is 0.481. The van der Waals surface area contributed by atoms with Gasteiger partial charge in [-0.1, -0.05) is 54.4 Å². The van der Waals surface area contributed by atoms with Gasteiger partial charge in [0, 0.05) is 22.6 Å². The summed E-state index contributed by atoms with van der Waals surface area (Å²) >= 11 is 12.4. The molecule has 3 rings (SSSR count). The van der Waals surface area contributed by atoms with Crippen LogP contribution < -0.4 is 0 Å². The number of halogens is 2. The zero-order valence-electron chi connectivity index (χ0n) is 21.9. The standard InChI is InChI=1S/C27H34Cl2N2O6S/c1-5-22(16-38(35,36)14-13-30(3)4)31-23(18-9-11-20(28)12-10-18)25(19-7-6-8-21(29)15-19)37-24(26(31)32)17(2)27(33)34/h6-12,15,17,22-25H,5,13-14,16H2,1-4H3,(H,33,34)/t17?,22-,23+,24-,25+/m0/s1. The predicted octanol–water partition coefficient (Wildman–Crippen LogP) is 4.48. The number of nitrogens with zero attached hydrogens (tertiary/aromatic N) is 2. The molecule has 2 aromatic rings. The van der Waals surface area contributed by atoms with E-state index in [4.69, 9.17) is 27.9 Å². The maximum absolute atomic E-state index is 14.0. The Labute approximate surface area is 234 Å². The van der Waals surface area contributed by atoms with E-state index in [9.17, 15) is 23.1 Å². The Morgan fingerprint density at radius 1 is 1.11 bits per heavy atom. The maximum atomic E-state index is 14.0. The van der Waals surface area contributed by atoms with E-state index in [1.807, 2.05) is 6.92 Å². The molecule has 1 heterocycles. The number of carbonyl (C=O) groups is 2. The number of carboxylic acid groups (broad SMARTS) is 1. The number of carbonyl (C=O) groups excluding carboxylic acids is 1. The lowest BCUT2D eigenvalue weighted by molar-refractivity contribution is -0.189. The van der Waals surface area contributed by atoms with Crippen molar-refractivity contribution >= 4 is 44.9 Å². The Kier molecular flexibility index (Phi) is 10.2. The largest absolute Gasteiger partial charge is 0.481 e. The van der Waals surface area contributed by atoms with Crippen molar-refractivity contribution < 1.29 is 27.9 Å². The number of carboxylic acids is 1. The van der Waals surface area contributed by atoms with Crippen LogP contribution in [0, 0.1) is 5.92 Å². The number of sulfone groups is 1. The van der Waals surface area contributed by atoms with Crippen molar-refractivity contribution in [2.24, 2.45) is 5.92 Å². The molecule has 0 radical (unpaired) electrons. The van der Waals surface area contributed by atoms with Crippen LogP contribution in [0.2, 0.25) is 10.0 Å². The Morgan fingerprint density at radius 2 is 1.76 bits per heavy atom. The highest BCUT2D eigenvalue weighted by Gasteiger charge is 2.49. The Balaban J connectivity index is 2.18. The van der Waals surface area contributed by atoms with Crippen LogP contribution in [-0.4, -0.2) is 79.5 Å². The van der Waals surface area contributed by atoms with Gasteiger partial charge in [0.05, 0.1) is 23.5 Å². The van der Waals surface area contributed by atoms with Crippen LogP contribution in [0.1, 0.15) is 43.5 Å². The zero-order valence-corrected chi connectivity index (χ0v) is 24.2. The molecular weight excluding hydrogens is 551 g/mol. The molecule has 0 spiro atoms. The average Bonchev–Trinajstić information content (AvgIpc) is 2.86. The molecule has 38 heavy (non-hydrogen) atoms. The van der Waals surface area contributed by atoms with Gasteiger partial charge in [-0.3, -0.25) is 9.59 Å².